The van der Waals surface area contributed by atoms with Crippen LogP contribution in [0.5, 0.6) is 0 Å². The van der Waals surface area contributed by atoms with E-state index in [0.29, 0.717) is 0 Å². The molecule has 8 N–H and O–H groups in total. The van der Waals surface area contributed by atoms with Gasteiger partial charge in [-0.1, -0.05) is 0 Å². The lowest BCUT2D eigenvalue weighted by atomic mass is 10.9. The minimum absolute atomic E-state index is 0.250. The van der Waals surface area contributed by atoms with Crippen LogP contribution in [0.15, 0.2) is 0 Å². The SMILES string of the molecule is CCO.CCO.CCO.CCO.CCO.CCO.CO.CO. The first-order valence-corrected chi connectivity index (χ1v) is 7.03. The average molecular weight is 340 g/mol. The third kappa shape index (κ3) is 67100. The van der Waals surface area contributed by atoms with Crippen molar-refractivity contribution >= 4 is 0 Å². The topological polar surface area (TPSA) is 162 Å². The Morgan fingerprint density at radius 1 is 0.318 bits per heavy atom. The zero-order chi connectivity index (χ0) is 20.2. The molecule has 0 atom stereocenters. The van der Waals surface area contributed by atoms with Gasteiger partial charge in [0.2, 0.25) is 0 Å². The van der Waals surface area contributed by atoms with Gasteiger partial charge in [-0.05, 0) is 41.5 Å². The van der Waals surface area contributed by atoms with E-state index in [-0.39, 0.29) is 39.6 Å². The highest BCUT2D eigenvalue weighted by molar-refractivity contribution is 3.85. The van der Waals surface area contributed by atoms with Crippen molar-refractivity contribution in [3.8, 4) is 0 Å². The summed E-state index contributed by atoms with van der Waals surface area (Å²) < 4.78 is 0. The summed E-state index contributed by atoms with van der Waals surface area (Å²) in [5, 5.41) is 59.4. The molecule has 0 rings (SSSR count). The summed E-state index contributed by atoms with van der Waals surface area (Å²) in [5.41, 5.74) is 0. The molecule has 0 bridgehead atoms. The molecule has 0 aliphatic rings. The van der Waals surface area contributed by atoms with E-state index < -0.39 is 0 Å². The Balaban J connectivity index is -0.0000000171. The lowest BCUT2D eigenvalue weighted by molar-refractivity contribution is 0.318. The normalized spacial score (nSPS) is 5.45. The van der Waals surface area contributed by atoms with Gasteiger partial charge in [0.05, 0.1) is 0 Å². The van der Waals surface area contributed by atoms with Crippen LogP contribution in [0.1, 0.15) is 41.5 Å². The van der Waals surface area contributed by atoms with Gasteiger partial charge in [-0.15, -0.1) is 0 Å². The van der Waals surface area contributed by atoms with Crippen molar-refractivity contribution in [3.63, 3.8) is 0 Å². The van der Waals surface area contributed by atoms with Crippen LogP contribution < -0.4 is 0 Å². The van der Waals surface area contributed by atoms with E-state index >= 15 is 0 Å². The molecule has 8 nitrogen and oxygen atoms in total. The maximum absolute atomic E-state index is 7.57. The number of rotatable bonds is 0. The van der Waals surface area contributed by atoms with Gasteiger partial charge in [-0.25, -0.2) is 0 Å². The van der Waals surface area contributed by atoms with Gasteiger partial charge in [0.25, 0.3) is 0 Å². The molecule has 0 aliphatic carbocycles. The van der Waals surface area contributed by atoms with Gasteiger partial charge in [-0.2, -0.15) is 0 Å². The third-order valence-electron chi connectivity index (χ3n) is 0. The summed E-state index contributed by atoms with van der Waals surface area (Å²) in [6.45, 7) is 11.6. The standard InChI is InChI=1S/6C2H6O.2CH4O/c6*1-2-3;2*1-2/h6*3H,2H2,1H3;2*2H,1H3. The first-order chi connectivity index (χ1) is 10.5. The first kappa shape index (κ1) is 49.5. The van der Waals surface area contributed by atoms with Gasteiger partial charge in [0, 0.05) is 53.9 Å². The minimum atomic E-state index is 0.250. The van der Waals surface area contributed by atoms with Crippen molar-refractivity contribution in [2.24, 2.45) is 0 Å². The largest absolute Gasteiger partial charge is 0.400 e. The molecule has 0 amide bonds. The van der Waals surface area contributed by atoms with Gasteiger partial charge in [-0.3, -0.25) is 0 Å². The highest BCUT2D eigenvalue weighted by Crippen LogP contribution is 1.31. The Bertz CT molecular complexity index is 36.3. The van der Waals surface area contributed by atoms with Crippen LogP contribution in [0.3, 0.4) is 0 Å². The molecule has 0 aromatic heterocycles. The Morgan fingerprint density at radius 3 is 0.318 bits per heavy atom. The van der Waals surface area contributed by atoms with Crippen LogP contribution in [0.4, 0.5) is 0 Å². The van der Waals surface area contributed by atoms with Gasteiger partial charge in [0.1, 0.15) is 0 Å². The number of aliphatic hydroxyl groups excluding tert-OH is 8. The summed E-state index contributed by atoms with van der Waals surface area (Å²) in [6, 6.07) is 0. The molecule has 0 radical (unpaired) electrons. The smallest absolute Gasteiger partial charge is 0.0402 e. The molecule has 8 heteroatoms. The second-order valence-electron chi connectivity index (χ2n) is 1.90. The van der Waals surface area contributed by atoms with Crippen LogP contribution >= 0.6 is 0 Å². The molecule has 0 unspecified atom stereocenters. The maximum Gasteiger partial charge on any atom is 0.0402 e. The predicted octanol–water partition coefficient (Wildman–Crippen LogP) is -0.791. The van der Waals surface area contributed by atoms with Crippen LogP contribution in [0, 0.1) is 0 Å². The zero-order valence-corrected chi connectivity index (χ0v) is 15.8. The van der Waals surface area contributed by atoms with E-state index in [0.717, 1.165) is 14.2 Å². The van der Waals surface area contributed by atoms with Crippen LogP contribution in [-0.2, 0) is 0 Å². The number of hydrogen-bond donors (Lipinski definition) is 8. The molecular formula is C14H44O8. The molecule has 0 aromatic rings. The average Bonchev–Trinajstić information content (AvgIpc) is 2.48. The molecule has 0 saturated carbocycles. The quantitative estimate of drug-likeness (QED) is 0.284. The summed E-state index contributed by atoms with van der Waals surface area (Å²) >= 11 is 0. The van der Waals surface area contributed by atoms with Crippen LogP contribution in [0.2, 0.25) is 0 Å². The Hall–Kier alpha value is -0.320. The summed E-state index contributed by atoms with van der Waals surface area (Å²) in [5.74, 6) is 0. The molecule has 0 heterocycles. The van der Waals surface area contributed by atoms with E-state index in [1.54, 1.807) is 41.5 Å². The second-order valence-corrected chi connectivity index (χ2v) is 1.90. The molecule has 0 saturated heterocycles. The molecule has 148 valence electrons. The predicted molar refractivity (Wildman–Crippen MR) is 92.8 cm³/mol. The summed E-state index contributed by atoms with van der Waals surface area (Å²) in [4.78, 5) is 0. The highest BCUT2D eigenvalue weighted by atomic mass is 16.3. The van der Waals surface area contributed by atoms with Crippen molar-refractivity contribution in [1.82, 2.24) is 0 Å². The molecule has 0 aliphatic heterocycles. The summed E-state index contributed by atoms with van der Waals surface area (Å²) in [7, 11) is 2.00. The van der Waals surface area contributed by atoms with Crippen molar-refractivity contribution in [1.29, 1.82) is 0 Å². The fourth-order valence-corrected chi connectivity index (χ4v) is 0. The molecule has 0 fully saturated rings. The number of hydrogen-bond acceptors (Lipinski definition) is 8. The van der Waals surface area contributed by atoms with E-state index in [4.69, 9.17) is 40.9 Å². The van der Waals surface area contributed by atoms with E-state index in [1.807, 2.05) is 0 Å². The Kier molecular flexibility index (Phi) is 559. The van der Waals surface area contributed by atoms with Gasteiger partial charge < -0.3 is 40.9 Å². The lowest BCUT2D eigenvalue weighted by Crippen LogP contribution is -1.57. The first-order valence-electron chi connectivity index (χ1n) is 7.03. The van der Waals surface area contributed by atoms with Crippen molar-refractivity contribution in [3.05, 3.63) is 0 Å². The lowest BCUT2D eigenvalue weighted by Gasteiger charge is -1.52. The second kappa shape index (κ2) is 248. The van der Waals surface area contributed by atoms with Crippen molar-refractivity contribution < 1.29 is 40.9 Å². The monoisotopic (exact) mass is 340 g/mol. The van der Waals surface area contributed by atoms with E-state index in [9.17, 15) is 0 Å². The van der Waals surface area contributed by atoms with Gasteiger partial charge in [0.15, 0.2) is 0 Å². The Morgan fingerprint density at radius 2 is 0.318 bits per heavy atom. The van der Waals surface area contributed by atoms with Crippen LogP contribution in [0.25, 0.3) is 0 Å². The molecule has 22 heavy (non-hydrogen) atoms. The van der Waals surface area contributed by atoms with Crippen molar-refractivity contribution in [2.45, 2.75) is 41.5 Å². The van der Waals surface area contributed by atoms with Crippen LogP contribution in [-0.4, -0.2) is 94.7 Å². The van der Waals surface area contributed by atoms with Gasteiger partial charge >= 0.3 is 0 Å². The molecule has 0 aromatic carbocycles. The van der Waals surface area contributed by atoms with E-state index in [2.05, 4.69) is 0 Å². The maximum atomic E-state index is 7.57. The Labute approximate surface area is 137 Å². The molecular weight excluding hydrogens is 296 g/mol. The minimum Gasteiger partial charge on any atom is -0.400 e. The zero-order valence-electron chi connectivity index (χ0n) is 15.8. The third-order valence-corrected chi connectivity index (χ3v) is 0. The molecule has 0 spiro atoms. The van der Waals surface area contributed by atoms with Crippen molar-refractivity contribution in [2.75, 3.05) is 53.9 Å². The van der Waals surface area contributed by atoms with E-state index in [1.165, 1.54) is 0 Å². The highest BCUT2D eigenvalue weighted by Gasteiger charge is 1.35. The summed E-state index contributed by atoms with van der Waals surface area (Å²) in [6.07, 6.45) is 0. The fourth-order valence-electron chi connectivity index (χ4n) is 0. The number of aliphatic hydroxyl groups is 8. The fraction of sp³-hybridized carbons (Fsp3) is 1.00.